The van der Waals surface area contributed by atoms with E-state index in [1.807, 2.05) is 24.3 Å². The van der Waals surface area contributed by atoms with Crippen molar-refractivity contribution < 1.29 is 13.2 Å². The van der Waals surface area contributed by atoms with Crippen LogP contribution in [0.3, 0.4) is 0 Å². The topological polar surface area (TPSA) is 37.8 Å². The van der Waals surface area contributed by atoms with Crippen molar-refractivity contribution in [3.8, 4) is 0 Å². The molecular weight excluding hydrogens is 323 g/mol. The second-order valence-electron chi connectivity index (χ2n) is 3.75. The number of benzene rings is 1. The summed E-state index contributed by atoms with van der Waals surface area (Å²) in [5, 5.41) is 9.54. The molecule has 0 aliphatic carbocycles. The Kier molecular flexibility index (Phi) is 4.04. The van der Waals surface area contributed by atoms with E-state index >= 15 is 0 Å². The molecule has 2 rings (SSSR count). The maximum atomic E-state index is 12.3. The van der Waals surface area contributed by atoms with E-state index in [2.05, 4.69) is 31.4 Å². The van der Waals surface area contributed by atoms with Gasteiger partial charge in [0.05, 0.1) is 0 Å². The van der Waals surface area contributed by atoms with Crippen LogP contribution < -0.4 is 5.32 Å². The van der Waals surface area contributed by atoms with Gasteiger partial charge in [0.25, 0.3) is 0 Å². The van der Waals surface area contributed by atoms with Gasteiger partial charge in [0, 0.05) is 11.0 Å². The smallest absolute Gasteiger partial charge is 0.364 e. The summed E-state index contributed by atoms with van der Waals surface area (Å²) in [4.78, 5) is 0. The highest BCUT2D eigenvalue weighted by Gasteiger charge is 2.32. The zero-order chi connectivity index (χ0) is 13.9. The van der Waals surface area contributed by atoms with Crippen molar-refractivity contribution in [1.29, 1.82) is 0 Å². The molecule has 1 aromatic heterocycles. The molecule has 0 aliphatic rings. The van der Waals surface area contributed by atoms with Crippen molar-refractivity contribution in [1.82, 2.24) is 10.2 Å². The van der Waals surface area contributed by atoms with Crippen LogP contribution in [0.4, 0.5) is 19.0 Å². The zero-order valence-electron chi connectivity index (χ0n) is 9.58. The summed E-state index contributed by atoms with van der Waals surface area (Å²) < 4.78 is 37.8. The van der Waals surface area contributed by atoms with Crippen molar-refractivity contribution in [2.24, 2.45) is 0 Å². The van der Waals surface area contributed by atoms with Gasteiger partial charge in [-0.1, -0.05) is 34.1 Å². The molecule has 19 heavy (non-hydrogen) atoms. The monoisotopic (exact) mass is 331 g/mol. The zero-order valence-corrected chi connectivity index (χ0v) is 11.2. The molecule has 0 saturated heterocycles. The summed E-state index contributed by atoms with van der Waals surface area (Å²) in [7, 11) is 0. The number of anilines is 1. The lowest BCUT2D eigenvalue weighted by atomic mass is 10.2. The minimum absolute atomic E-state index is 0.295. The molecule has 100 valence electrons. The first kappa shape index (κ1) is 13.8. The summed E-state index contributed by atoms with van der Waals surface area (Å²) in [6.07, 6.45) is -4.46. The molecule has 1 aromatic carbocycles. The largest absolute Gasteiger partial charge is 0.435 e. The highest BCUT2D eigenvalue weighted by Crippen LogP contribution is 2.27. The maximum absolute atomic E-state index is 12.3. The van der Waals surface area contributed by atoms with Crippen LogP contribution in [0.1, 0.15) is 11.3 Å². The lowest BCUT2D eigenvalue weighted by molar-refractivity contribution is -0.141. The molecule has 1 heterocycles. The van der Waals surface area contributed by atoms with E-state index in [4.69, 9.17) is 0 Å². The van der Waals surface area contributed by atoms with Gasteiger partial charge in [-0.15, -0.1) is 10.2 Å². The molecule has 7 heteroatoms. The van der Waals surface area contributed by atoms with E-state index < -0.39 is 11.9 Å². The standard InChI is InChI=1S/C12H9BrF3N3/c13-9-4-2-1-3-8(9)7-17-11-6-5-10(18-19-11)12(14,15)16/h1-6H,7H2,(H,17,19). The number of hydrogen-bond donors (Lipinski definition) is 1. The quantitative estimate of drug-likeness (QED) is 0.927. The highest BCUT2D eigenvalue weighted by atomic mass is 79.9. The van der Waals surface area contributed by atoms with Crippen LogP contribution in [0.5, 0.6) is 0 Å². The van der Waals surface area contributed by atoms with Gasteiger partial charge in [0.1, 0.15) is 5.82 Å². The SMILES string of the molecule is FC(F)(F)c1ccc(NCc2ccccc2Br)nn1. The molecule has 0 fully saturated rings. The van der Waals surface area contributed by atoms with Crippen molar-refractivity contribution in [3.63, 3.8) is 0 Å². The fraction of sp³-hybridized carbons (Fsp3) is 0.167. The first-order chi connectivity index (χ1) is 8.97. The molecule has 0 unspecified atom stereocenters. The van der Waals surface area contributed by atoms with Gasteiger partial charge in [-0.3, -0.25) is 0 Å². The number of alkyl halides is 3. The Morgan fingerprint density at radius 3 is 2.37 bits per heavy atom. The van der Waals surface area contributed by atoms with Crippen molar-refractivity contribution in [3.05, 3.63) is 52.1 Å². The van der Waals surface area contributed by atoms with Crippen LogP contribution >= 0.6 is 15.9 Å². The van der Waals surface area contributed by atoms with Gasteiger partial charge in [-0.25, -0.2) is 0 Å². The van der Waals surface area contributed by atoms with E-state index in [1.165, 1.54) is 6.07 Å². The predicted octanol–water partition coefficient (Wildman–Crippen LogP) is 3.87. The summed E-state index contributed by atoms with van der Waals surface area (Å²) >= 11 is 3.38. The van der Waals surface area contributed by atoms with Crippen LogP contribution in [-0.4, -0.2) is 10.2 Å². The van der Waals surface area contributed by atoms with Crippen LogP contribution in [-0.2, 0) is 12.7 Å². The molecule has 3 nitrogen and oxygen atoms in total. The summed E-state index contributed by atoms with van der Waals surface area (Å²) in [5.74, 6) is 0.295. The number of rotatable bonds is 3. The minimum Gasteiger partial charge on any atom is -0.364 e. The summed E-state index contributed by atoms with van der Waals surface area (Å²) in [6, 6.07) is 9.69. The van der Waals surface area contributed by atoms with Crippen molar-refractivity contribution in [2.45, 2.75) is 12.7 Å². The molecule has 0 amide bonds. The maximum Gasteiger partial charge on any atom is 0.435 e. The van der Waals surface area contributed by atoms with E-state index in [-0.39, 0.29) is 0 Å². The third-order valence-corrected chi connectivity index (χ3v) is 3.15. The highest BCUT2D eigenvalue weighted by molar-refractivity contribution is 9.10. The average Bonchev–Trinajstić information content (AvgIpc) is 2.37. The number of hydrogen-bond acceptors (Lipinski definition) is 3. The van der Waals surface area contributed by atoms with Crippen LogP contribution in [0, 0.1) is 0 Å². The molecule has 0 bridgehead atoms. The first-order valence-corrected chi connectivity index (χ1v) is 6.14. The fourth-order valence-electron chi connectivity index (χ4n) is 1.41. The Morgan fingerprint density at radius 1 is 1.05 bits per heavy atom. The first-order valence-electron chi connectivity index (χ1n) is 5.35. The molecular formula is C12H9BrF3N3. The van der Waals surface area contributed by atoms with E-state index in [1.54, 1.807) is 0 Å². The third-order valence-electron chi connectivity index (χ3n) is 2.37. The summed E-state index contributed by atoms with van der Waals surface area (Å²) in [5.41, 5.74) is -0.0249. The molecule has 1 N–H and O–H groups in total. The van der Waals surface area contributed by atoms with Gasteiger partial charge in [0.15, 0.2) is 5.69 Å². The van der Waals surface area contributed by atoms with Crippen molar-refractivity contribution >= 4 is 21.7 Å². The molecule has 0 aliphatic heterocycles. The van der Waals surface area contributed by atoms with Gasteiger partial charge in [-0.2, -0.15) is 13.2 Å². The molecule has 0 spiro atoms. The molecule has 0 saturated carbocycles. The Hall–Kier alpha value is -1.63. The minimum atomic E-state index is -4.46. The third kappa shape index (κ3) is 3.66. The lowest BCUT2D eigenvalue weighted by Gasteiger charge is -2.08. The van der Waals surface area contributed by atoms with E-state index in [0.29, 0.717) is 12.4 Å². The summed E-state index contributed by atoms with van der Waals surface area (Å²) in [6.45, 7) is 0.446. The van der Waals surface area contributed by atoms with Gasteiger partial charge in [0.2, 0.25) is 0 Å². The van der Waals surface area contributed by atoms with Gasteiger partial charge in [-0.05, 0) is 23.8 Å². The van der Waals surface area contributed by atoms with Crippen LogP contribution in [0.15, 0.2) is 40.9 Å². The Labute approximate surface area is 116 Å². The van der Waals surface area contributed by atoms with Gasteiger partial charge >= 0.3 is 6.18 Å². The molecule has 0 atom stereocenters. The molecule has 2 aromatic rings. The lowest BCUT2D eigenvalue weighted by Crippen LogP contribution is -2.10. The Balaban J connectivity index is 2.03. The number of aromatic nitrogens is 2. The normalized spacial score (nSPS) is 11.4. The van der Waals surface area contributed by atoms with Crippen LogP contribution in [0.2, 0.25) is 0 Å². The Bertz CT molecular complexity index is 555. The number of nitrogens with one attached hydrogen (secondary N) is 1. The van der Waals surface area contributed by atoms with Crippen LogP contribution in [0.25, 0.3) is 0 Å². The second kappa shape index (κ2) is 5.56. The fourth-order valence-corrected chi connectivity index (χ4v) is 1.83. The van der Waals surface area contributed by atoms with E-state index in [0.717, 1.165) is 16.1 Å². The average molecular weight is 332 g/mol. The Morgan fingerprint density at radius 2 is 1.79 bits per heavy atom. The second-order valence-corrected chi connectivity index (χ2v) is 4.60. The predicted molar refractivity (Wildman–Crippen MR) is 68.5 cm³/mol. The molecule has 0 radical (unpaired) electrons. The number of halogens is 4. The van der Waals surface area contributed by atoms with Gasteiger partial charge < -0.3 is 5.32 Å². The van der Waals surface area contributed by atoms with Crippen molar-refractivity contribution in [2.75, 3.05) is 5.32 Å². The van der Waals surface area contributed by atoms with E-state index in [9.17, 15) is 13.2 Å². The number of nitrogens with zero attached hydrogens (tertiary/aromatic N) is 2.